The van der Waals surface area contributed by atoms with E-state index in [1.807, 2.05) is 0 Å². The number of aromatic amines is 1. The molecule has 10 rings (SSSR count). The van der Waals surface area contributed by atoms with Crippen LogP contribution in [0, 0.1) is 0 Å². The van der Waals surface area contributed by atoms with Crippen LogP contribution in [0.1, 0.15) is 0 Å². The van der Waals surface area contributed by atoms with E-state index in [-0.39, 0.29) is 0 Å². The fourth-order valence-corrected chi connectivity index (χ4v) is 7.53. The lowest BCUT2D eigenvalue weighted by Gasteiger charge is -2.11. The molecule has 2 aromatic heterocycles. The van der Waals surface area contributed by atoms with Crippen LogP contribution in [0.2, 0.25) is 0 Å². The highest BCUT2D eigenvalue weighted by Crippen LogP contribution is 2.40. The summed E-state index contributed by atoms with van der Waals surface area (Å²) in [5.41, 5.74) is 10.9. The Balaban J connectivity index is 1.13. The van der Waals surface area contributed by atoms with E-state index in [4.69, 9.17) is 0 Å². The molecule has 0 radical (unpaired) electrons. The van der Waals surface area contributed by atoms with Crippen molar-refractivity contribution in [2.45, 2.75) is 0 Å². The quantitative estimate of drug-likeness (QED) is 0.213. The molecule has 8 aromatic carbocycles. The fraction of sp³-hybridized carbons (Fsp3) is 0. The molecule has 0 bridgehead atoms. The number of aromatic nitrogens is 2. The second kappa shape index (κ2) is 9.69. The number of hydrogen-bond acceptors (Lipinski definition) is 0. The molecule has 0 fully saturated rings. The van der Waals surface area contributed by atoms with Gasteiger partial charge in [0, 0.05) is 38.1 Å². The van der Waals surface area contributed by atoms with Gasteiger partial charge in [-0.25, -0.2) is 0 Å². The number of nitrogens with zero attached hydrogens (tertiary/aromatic N) is 1. The van der Waals surface area contributed by atoms with Crippen molar-refractivity contribution in [3.05, 3.63) is 164 Å². The summed E-state index contributed by atoms with van der Waals surface area (Å²) in [6.07, 6.45) is 0. The summed E-state index contributed by atoms with van der Waals surface area (Å²) in [6, 6.07) is 59.7. The first-order valence-electron chi connectivity index (χ1n) is 15.9. The van der Waals surface area contributed by atoms with Gasteiger partial charge in [0.05, 0.1) is 16.6 Å². The van der Waals surface area contributed by atoms with Crippen molar-refractivity contribution < 1.29 is 0 Å². The zero-order chi connectivity index (χ0) is 30.2. The van der Waals surface area contributed by atoms with Gasteiger partial charge in [-0.1, -0.05) is 121 Å². The Bertz CT molecular complexity index is 2790. The first-order chi connectivity index (χ1) is 22.8. The predicted molar refractivity (Wildman–Crippen MR) is 196 cm³/mol. The minimum Gasteiger partial charge on any atom is -0.354 e. The minimum absolute atomic E-state index is 1.16. The summed E-state index contributed by atoms with van der Waals surface area (Å²) in [4.78, 5) is 3.74. The fourth-order valence-electron chi connectivity index (χ4n) is 7.53. The largest absolute Gasteiger partial charge is 0.354 e. The molecule has 46 heavy (non-hydrogen) atoms. The molecule has 214 valence electrons. The molecule has 0 aliphatic heterocycles. The molecule has 0 atom stereocenters. The van der Waals surface area contributed by atoms with Crippen LogP contribution in [0.5, 0.6) is 0 Å². The van der Waals surface area contributed by atoms with Gasteiger partial charge in [-0.15, -0.1) is 0 Å². The second-order valence-electron chi connectivity index (χ2n) is 12.3. The monoisotopic (exact) mass is 584 g/mol. The van der Waals surface area contributed by atoms with E-state index in [0.717, 1.165) is 11.2 Å². The number of benzene rings is 8. The average Bonchev–Trinajstić information content (AvgIpc) is 3.67. The SMILES string of the molecule is c1ccc2cc(-c3ccc(-n4c5ccccc5c5cc(-c6cccc7[nH]c8c9ccccc9ccc8c67)ccc54)cc3)ccc2c1. The summed E-state index contributed by atoms with van der Waals surface area (Å²) < 4.78 is 2.40. The third kappa shape index (κ3) is 3.71. The smallest absolute Gasteiger partial charge is 0.0544 e. The maximum Gasteiger partial charge on any atom is 0.0544 e. The maximum absolute atomic E-state index is 3.74. The van der Waals surface area contributed by atoms with Crippen LogP contribution in [0.4, 0.5) is 0 Å². The van der Waals surface area contributed by atoms with Gasteiger partial charge in [-0.3, -0.25) is 0 Å². The van der Waals surface area contributed by atoms with Crippen LogP contribution in [0.3, 0.4) is 0 Å². The summed E-state index contributed by atoms with van der Waals surface area (Å²) in [6.45, 7) is 0. The molecule has 0 amide bonds. The maximum atomic E-state index is 3.74. The van der Waals surface area contributed by atoms with Crippen molar-refractivity contribution in [2.75, 3.05) is 0 Å². The molecular weight excluding hydrogens is 556 g/mol. The Morgan fingerprint density at radius 2 is 1.09 bits per heavy atom. The lowest BCUT2D eigenvalue weighted by Crippen LogP contribution is -1.93. The first-order valence-corrected chi connectivity index (χ1v) is 15.9. The number of para-hydroxylation sites is 1. The normalized spacial score (nSPS) is 11.9. The lowest BCUT2D eigenvalue weighted by molar-refractivity contribution is 1.18. The van der Waals surface area contributed by atoms with E-state index >= 15 is 0 Å². The van der Waals surface area contributed by atoms with Crippen molar-refractivity contribution in [2.24, 2.45) is 0 Å². The van der Waals surface area contributed by atoms with Crippen molar-refractivity contribution >= 4 is 65.2 Å². The molecule has 0 aliphatic carbocycles. The Morgan fingerprint density at radius 3 is 1.98 bits per heavy atom. The van der Waals surface area contributed by atoms with E-state index in [0.29, 0.717) is 0 Å². The van der Waals surface area contributed by atoms with E-state index in [2.05, 4.69) is 173 Å². The summed E-state index contributed by atoms with van der Waals surface area (Å²) in [5.74, 6) is 0. The van der Waals surface area contributed by atoms with Crippen molar-refractivity contribution in [1.29, 1.82) is 0 Å². The van der Waals surface area contributed by atoms with Crippen LogP contribution in [-0.4, -0.2) is 9.55 Å². The van der Waals surface area contributed by atoms with Gasteiger partial charge in [-0.05, 0) is 80.9 Å². The molecule has 0 saturated carbocycles. The van der Waals surface area contributed by atoms with Crippen LogP contribution < -0.4 is 0 Å². The van der Waals surface area contributed by atoms with E-state index < -0.39 is 0 Å². The van der Waals surface area contributed by atoms with Gasteiger partial charge in [0.2, 0.25) is 0 Å². The number of H-pyrrole nitrogens is 1. The Kier molecular flexibility index (Phi) is 5.31. The molecule has 2 heteroatoms. The molecule has 0 aliphatic rings. The van der Waals surface area contributed by atoms with Crippen LogP contribution in [0.15, 0.2) is 164 Å². The number of fused-ring (bicyclic) bond motifs is 9. The molecule has 2 nitrogen and oxygen atoms in total. The molecule has 0 unspecified atom stereocenters. The highest BCUT2D eigenvalue weighted by Gasteiger charge is 2.16. The molecular formula is C44H28N2. The third-order valence-corrected chi connectivity index (χ3v) is 9.71. The Labute approximate surface area is 265 Å². The number of rotatable bonds is 3. The van der Waals surface area contributed by atoms with Gasteiger partial charge in [0.1, 0.15) is 0 Å². The van der Waals surface area contributed by atoms with Crippen LogP contribution >= 0.6 is 0 Å². The van der Waals surface area contributed by atoms with E-state index in [9.17, 15) is 0 Å². The summed E-state index contributed by atoms with van der Waals surface area (Å²) >= 11 is 0. The highest BCUT2D eigenvalue weighted by molar-refractivity contribution is 6.21. The first kappa shape index (κ1) is 25.2. The van der Waals surface area contributed by atoms with Crippen LogP contribution in [0.25, 0.3) is 93.1 Å². The predicted octanol–water partition coefficient (Wildman–Crippen LogP) is 12.1. The number of hydrogen-bond donors (Lipinski definition) is 1. The Hall–Kier alpha value is -6.12. The third-order valence-electron chi connectivity index (χ3n) is 9.71. The van der Waals surface area contributed by atoms with Crippen molar-refractivity contribution in [1.82, 2.24) is 9.55 Å². The van der Waals surface area contributed by atoms with Gasteiger partial charge < -0.3 is 9.55 Å². The zero-order valence-electron chi connectivity index (χ0n) is 25.0. The second-order valence-corrected chi connectivity index (χ2v) is 12.3. The molecule has 10 aromatic rings. The molecule has 1 N–H and O–H groups in total. The standard InChI is InChI=1S/C44H28N2/c1-2-10-31-26-32(17-16-28(31)8-1)29-18-22-34(23-19-29)46-41-15-6-5-12-37(41)39-27-33(21-25-42(39)46)35-13-7-14-40-43(35)38-24-20-30-9-3-4-11-36(30)44(38)45-40/h1-27,45H. The summed E-state index contributed by atoms with van der Waals surface area (Å²) in [7, 11) is 0. The van der Waals surface area contributed by atoms with Gasteiger partial charge >= 0.3 is 0 Å². The zero-order valence-corrected chi connectivity index (χ0v) is 25.0. The molecule has 0 saturated heterocycles. The highest BCUT2D eigenvalue weighted by atomic mass is 15.0. The van der Waals surface area contributed by atoms with Gasteiger partial charge in [0.25, 0.3) is 0 Å². The summed E-state index contributed by atoms with van der Waals surface area (Å²) in [5, 5.41) is 10.1. The van der Waals surface area contributed by atoms with Gasteiger partial charge in [0.15, 0.2) is 0 Å². The number of nitrogens with one attached hydrogen (secondary N) is 1. The van der Waals surface area contributed by atoms with E-state index in [1.54, 1.807) is 0 Å². The lowest BCUT2D eigenvalue weighted by atomic mass is 9.97. The van der Waals surface area contributed by atoms with E-state index in [1.165, 1.54) is 81.9 Å². The molecule has 0 spiro atoms. The van der Waals surface area contributed by atoms with Crippen molar-refractivity contribution in [3.8, 4) is 27.9 Å². The topological polar surface area (TPSA) is 20.7 Å². The minimum atomic E-state index is 1.16. The molecule has 2 heterocycles. The van der Waals surface area contributed by atoms with Gasteiger partial charge in [-0.2, -0.15) is 0 Å². The Morgan fingerprint density at radius 1 is 0.391 bits per heavy atom. The van der Waals surface area contributed by atoms with Crippen LogP contribution in [-0.2, 0) is 0 Å². The average molecular weight is 585 g/mol. The van der Waals surface area contributed by atoms with Crippen molar-refractivity contribution in [3.63, 3.8) is 0 Å².